The van der Waals surface area contributed by atoms with Crippen LogP contribution in [0.3, 0.4) is 0 Å². The van der Waals surface area contributed by atoms with Crippen molar-refractivity contribution in [2.75, 3.05) is 0 Å². The second kappa shape index (κ2) is 7.53. The van der Waals surface area contributed by atoms with Gasteiger partial charge in [-0.05, 0) is 36.6 Å². The van der Waals surface area contributed by atoms with Crippen molar-refractivity contribution in [1.29, 1.82) is 5.26 Å². The lowest BCUT2D eigenvalue weighted by Gasteiger charge is -1.98. The predicted octanol–water partition coefficient (Wildman–Crippen LogP) is 5.33. The average Bonchev–Trinajstić information content (AvgIpc) is 3.09. The Labute approximate surface area is 140 Å². The highest BCUT2D eigenvalue weighted by Crippen LogP contribution is 2.22. The maximum absolute atomic E-state index is 8.91. The number of thiazole rings is 1. The number of hydrogen-bond donors (Lipinski definition) is 0. The van der Waals surface area contributed by atoms with Crippen molar-refractivity contribution in [1.82, 2.24) is 4.98 Å². The summed E-state index contributed by atoms with van der Waals surface area (Å²) in [5.74, 6) is 0. The third-order valence-electron chi connectivity index (χ3n) is 3.51. The summed E-state index contributed by atoms with van der Waals surface area (Å²) in [5, 5.41) is 12.0. The first-order chi connectivity index (χ1) is 11.3. The van der Waals surface area contributed by atoms with Gasteiger partial charge in [0.1, 0.15) is 5.01 Å². The largest absolute Gasteiger partial charge is 0.237 e. The van der Waals surface area contributed by atoms with Gasteiger partial charge in [0.15, 0.2) is 0 Å². The van der Waals surface area contributed by atoms with Gasteiger partial charge in [-0.1, -0.05) is 48.5 Å². The Bertz CT molecular complexity index is 841. The highest BCUT2D eigenvalue weighted by molar-refractivity contribution is 7.10. The van der Waals surface area contributed by atoms with E-state index in [2.05, 4.69) is 46.8 Å². The number of aromatic nitrogens is 1. The lowest BCUT2D eigenvalue weighted by atomic mass is 10.1. The third kappa shape index (κ3) is 4.15. The summed E-state index contributed by atoms with van der Waals surface area (Å²) < 4.78 is 0. The highest BCUT2D eigenvalue weighted by Gasteiger charge is 2.01. The van der Waals surface area contributed by atoms with Crippen LogP contribution in [0.15, 0.2) is 66.1 Å². The Morgan fingerprint density at radius 2 is 1.96 bits per heavy atom. The zero-order valence-electron chi connectivity index (χ0n) is 12.6. The van der Waals surface area contributed by atoms with E-state index in [1.807, 2.05) is 36.4 Å². The van der Waals surface area contributed by atoms with Crippen LogP contribution in [0.25, 0.3) is 17.3 Å². The number of benzene rings is 2. The van der Waals surface area contributed by atoms with E-state index in [1.165, 1.54) is 5.56 Å². The number of hydrogen-bond acceptors (Lipinski definition) is 3. The summed E-state index contributed by atoms with van der Waals surface area (Å²) in [4.78, 5) is 4.64. The maximum Gasteiger partial charge on any atom is 0.116 e. The molecule has 0 N–H and O–H groups in total. The Morgan fingerprint density at radius 1 is 1.09 bits per heavy atom. The molecule has 0 radical (unpaired) electrons. The van der Waals surface area contributed by atoms with Crippen molar-refractivity contribution in [3.05, 3.63) is 82.2 Å². The average molecular weight is 316 g/mol. The Balaban J connectivity index is 1.59. The number of nitriles is 1. The number of nitrogens with zero attached hydrogens (tertiary/aromatic N) is 2. The quantitative estimate of drug-likeness (QED) is 0.638. The fourth-order valence-corrected chi connectivity index (χ4v) is 3.08. The summed E-state index contributed by atoms with van der Waals surface area (Å²) in [6, 6.07) is 20.2. The summed E-state index contributed by atoms with van der Waals surface area (Å²) in [7, 11) is 0. The molecule has 0 saturated carbocycles. The van der Waals surface area contributed by atoms with Crippen molar-refractivity contribution in [3.63, 3.8) is 0 Å². The topological polar surface area (TPSA) is 36.7 Å². The van der Waals surface area contributed by atoms with E-state index in [1.54, 1.807) is 11.3 Å². The molecule has 0 aliphatic rings. The molecule has 0 atom stereocenters. The molecule has 3 aromatic rings. The minimum atomic E-state index is 0.721. The van der Waals surface area contributed by atoms with Gasteiger partial charge in [0.25, 0.3) is 0 Å². The van der Waals surface area contributed by atoms with E-state index >= 15 is 0 Å². The van der Waals surface area contributed by atoms with Crippen molar-refractivity contribution in [3.8, 4) is 17.3 Å². The molecule has 0 unspecified atom stereocenters. The second-order valence-corrected chi connectivity index (χ2v) is 6.08. The fraction of sp³-hybridized carbons (Fsp3) is 0.100. The molecule has 0 saturated heterocycles. The molecular weight excluding hydrogens is 300 g/mol. The lowest BCUT2D eigenvalue weighted by Crippen LogP contribution is -1.84. The zero-order chi connectivity index (χ0) is 15.9. The molecule has 112 valence electrons. The van der Waals surface area contributed by atoms with E-state index < -0.39 is 0 Å². The van der Waals surface area contributed by atoms with Crippen LogP contribution >= 0.6 is 11.3 Å². The van der Waals surface area contributed by atoms with Gasteiger partial charge in [-0.2, -0.15) is 5.26 Å². The molecule has 0 bridgehead atoms. The number of allylic oxidation sites excluding steroid dienone is 1. The molecule has 23 heavy (non-hydrogen) atoms. The molecule has 1 heterocycles. The SMILES string of the molecule is N#Cc1cccc(CC/C=C/c2nc(-c3ccccc3)cs2)c1. The molecular formula is C20H16N2S. The van der Waals surface area contributed by atoms with E-state index in [-0.39, 0.29) is 0 Å². The fourth-order valence-electron chi connectivity index (χ4n) is 2.34. The van der Waals surface area contributed by atoms with Gasteiger partial charge in [-0.15, -0.1) is 11.3 Å². The first-order valence-corrected chi connectivity index (χ1v) is 8.39. The van der Waals surface area contributed by atoms with Crippen LogP contribution in [0.5, 0.6) is 0 Å². The summed E-state index contributed by atoms with van der Waals surface area (Å²) in [6.45, 7) is 0. The van der Waals surface area contributed by atoms with Crippen LogP contribution in [0.2, 0.25) is 0 Å². The van der Waals surface area contributed by atoms with Gasteiger partial charge < -0.3 is 0 Å². The van der Waals surface area contributed by atoms with Crippen LogP contribution in [0, 0.1) is 11.3 Å². The first kappa shape index (κ1) is 15.2. The molecule has 0 amide bonds. The monoisotopic (exact) mass is 316 g/mol. The third-order valence-corrected chi connectivity index (χ3v) is 4.32. The molecule has 2 aromatic carbocycles. The van der Waals surface area contributed by atoms with Gasteiger partial charge in [-0.25, -0.2) is 4.98 Å². The second-order valence-electron chi connectivity index (χ2n) is 5.19. The van der Waals surface area contributed by atoms with Crippen LogP contribution in [0.1, 0.15) is 22.6 Å². The smallest absolute Gasteiger partial charge is 0.116 e. The normalized spacial score (nSPS) is 10.7. The minimum absolute atomic E-state index is 0.721. The maximum atomic E-state index is 8.91. The van der Waals surface area contributed by atoms with Crippen LogP contribution in [-0.4, -0.2) is 4.98 Å². The Morgan fingerprint density at radius 3 is 2.78 bits per heavy atom. The standard InChI is InChI=1S/C20H16N2S/c21-14-17-9-6-8-16(13-17)7-4-5-12-20-22-19(15-23-20)18-10-2-1-3-11-18/h1-3,5-6,8-13,15H,4,7H2/b12-5+. The van der Waals surface area contributed by atoms with Crippen LogP contribution in [-0.2, 0) is 6.42 Å². The Hall–Kier alpha value is -2.70. The predicted molar refractivity (Wildman–Crippen MR) is 96.1 cm³/mol. The molecule has 0 aliphatic carbocycles. The summed E-state index contributed by atoms with van der Waals surface area (Å²) in [6.07, 6.45) is 6.09. The van der Waals surface area contributed by atoms with Gasteiger partial charge in [0.05, 0.1) is 17.3 Å². The minimum Gasteiger partial charge on any atom is -0.237 e. The molecule has 0 spiro atoms. The molecule has 3 heteroatoms. The van der Waals surface area contributed by atoms with E-state index in [0.717, 1.165) is 34.7 Å². The van der Waals surface area contributed by atoms with Gasteiger partial charge in [-0.3, -0.25) is 0 Å². The van der Waals surface area contributed by atoms with Crippen molar-refractivity contribution in [2.24, 2.45) is 0 Å². The van der Waals surface area contributed by atoms with Crippen LogP contribution < -0.4 is 0 Å². The number of rotatable bonds is 5. The summed E-state index contributed by atoms with van der Waals surface area (Å²) in [5.41, 5.74) is 4.09. The van der Waals surface area contributed by atoms with E-state index in [4.69, 9.17) is 5.26 Å². The summed E-state index contributed by atoms with van der Waals surface area (Å²) >= 11 is 1.66. The lowest BCUT2D eigenvalue weighted by molar-refractivity contribution is 1.00. The molecule has 2 nitrogen and oxygen atoms in total. The molecule has 1 aromatic heterocycles. The zero-order valence-corrected chi connectivity index (χ0v) is 13.5. The molecule has 0 fully saturated rings. The van der Waals surface area contributed by atoms with Gasteiger partial charge in [0.2, 0.25) is 0 Å². The Kier molecular flexibility index (Phi) is 4.98. The van der Waals surface area contributed by atoms with E-state index in [9.17, 15) is 0 Å². The van der Waals surface area contributed by atoms with Crippen molar-refractivity contribution < 1.29 is 0 Å². The first-order valence-electron chi connectivity index (χ1n) is 7.52. The van der Waals surface area contributed by atoms with E-state index in [0.29, 0.717) is 0 Å². The van der Waals surface area contributed by atoms with Gasteiger partial charge >= 0.3 is 0 Å². The van der Waals surface area contributed by atoms with Crippen molar-refractivity contribution >= 4 is 17.4 Å². The van der Waals surface area contributed by atoms with Crippen molar-refractivity contribution in [2.45, 2.75) is 12.8 Å². The highest BCUT2D eigenvalue weighted by atomic mass is 32.1. The van der Waals surface area contributed by atoms with Crippen LogP contribution in [0.4, 0.5) is 0 Å². The van der Waals surface area contributed by atoms with Gasteiger partial charge in [0, 0.05) is 10.9 Å². The molecule has 0 aliphatic heterocycles. The number of aryl methyl sites for hydroxylation is 1. The molecule has 3 rings (SSSR count).